The highest BCUT2D eigenvalue weighted by atomic mass is 16.3. The van der Waals surface area contributed by atoms with Crippen molar-refractivity contribution < 1.29 is 5.11 Å². The van der Waals surface area contributed by atoms with Gasteiger partial charge < -0.3 is 10.4 Å². The zero-order chi connectivity index (χ0) is 10.2. The van der Waals surface area contributed by atoms with Gasteiger partial charge in [-0.1, -0.05) is 26.2 Å². The van der Waals surface area contributed by atoms with E-state index >= 15 is 0 Å². The van der Waals surface area contributed by atoms with E-state index in [1.165, 1.54) is 38.5 Å². The van der Waals surface area contributed by atoms with Crippen LogP contribution in [0.25, 0.3) is 0 Å². The van der Waals surface area contributed by atoms with Crippen LogP contribution in [0, 0.1) is 5.92 Å². The van der Waals surface area contributed by atoms with E-state index in [1.807, 2.05) is 0 Å². The second-order valence-corrected chi connectivity index (χ2v) is 4.47. The molecule has 0 aromatic rings. The molecule has 1 aliphatic carbocycles. The van der Waals surface area contributed by atoms with E-state index in [-0.39, 0.29) is 0 Å². The van der Waals surface area contributed by atoms with E-state index in [1.54, 1.807) is 0 Å². The number of unbranched alkanes of at least 4 members (excludes halogenated alkanes) is 1. The van der Waals surface area contributed by atoms with Crippen LogP contribution in [0.5, 0.6) is 0 Å². The lowest BCUT2D eigenvalue weighted by atomic mass is 9.97. The van der Waals surface area contributed by atoms with Gasteiger partial charge in [0.25, 0.3) is 0 Å². The van der Waals surface area contributed by atoms with Crippen LogP contribution in [0.15, 0.2) is 0 Å². The quantitative estimate of drug-likeness (QED) is 0.617. The van der Waals surface area contributed by atoms with E-state index in [0.29, 0.717) is 6.61 Å². The van der Waals surface area contributed by atoms with E-state index < -0.39 is 0 Å². The fourth-order valence-electron chi connectivity index (χ4n) is 2.48. The maximum atomic E-state index is 8.71. The molecule has 0 heterocycles. The summed E-state index contributed by atoms with van der Waals surface area (Å²) in [6, 6.07) is 0.744. The lowest BCUT2D eigenvalue weighted by Crippen LogP contribution is -2.33. The lowest BCUT2D eigenvalue weighted by molar-refractivity contribution is 0.277. The van der Waals surface area contributed by atoms with Gasteiger partial charge in [0.1, 0.15) is 0 Å². The van der Waals surface area contributed by atoms with Crippen molar-refractivity contribution in [1.29, 1.82) is 0 Å². The zero-order valence-electron chi connectivity index (χ0n) is 9.47. The van der Waals surface area contributed by atoms with Crippen LogP contribution in [0.3, 0.4) is 0 Å². The highest BCUT2D eigenvalue weighted by Gasteiger charge is 2.25. The normalized spacial score (nSPS) is 27.0. The summed E-state index contributed by atoms with van der Waals surface area (Å²) in [5.74, 6) is 0.911. The molecule has 2 unspecified atom stereocenters. The Bertz CT molecular complexity index is 138. The second-order valence-electron chi connectivity index (χ2n) is 4.47. The highest BCUT2D eigenvalue weighted by Crippen LogP contribution is 2.29. The molecule has 1 rings (SSSR count). The van der Waals surface area contributed by atoms with Crippen molar-refractivity contribution in [1.82, 2.24) is 5.32 Å². The molecule has 2 N–H and O–H groups in total. The third-order valence-corrected chi connectivity index (χ3v) is 3.33. The summed E-state index contributed by atoms with van der Waals surface area (Å²) < 4.78 is 0. The van der Waals surface area contributed by atoms with Crippen molar-refractivity contribution in [2.45, 2.75) is 57.9 Å². The van der Waals surface area contributed by atoms with Crippen LogP contribution in [-0.4, -0.2) is 24.3 Å². The Morgan fingerprint density at radius 2 is 2.14 bits per heavy atom. The Hall–Kier alpha value is -0.0800. The summed E-state index contributed by atoms with van der Waals surface area (Å²) in [5, 5.41) is 12.3. The predicted octanol–water partition coefficient (Wildman–Crippen LogP) is 2.32. The van der Waals surface area contributed by atoms with Gasteiger partial charge in [-0.05, 0) is 38.1 Å². The van der Waals surface area contributed by atoms with Crippen molar-refractivity contribution in [3.05, 3.63) is 0 Å². The van der Waals surface area contributed by atoms with E-state index in [0.717, 1.165) is 24.9 Å². The molecule has 14 heavy (non-hydrogen) atoms. The molecule has 84 valence electrons. The Labute approximate surface area is 88.1 Å². The van der Waals surface area contributed by atoms with Gasteiger partial charge in [0.05, 0.1) is 0 Å². The molecule has 0 spiro atoms. The molecule has 2 nitrogen and oxygen atoms in total. The first-order chi connectivity index (χ1) is 6.88. The lowest BCUT2D eigenvalue weighted by Gasteiger charge is -2.20. The monoisotopic (exact) mass is 199 g/mol. The molecular weight excluding hydrogens is 174 g/mol. The summed E-state index contributed by atoms with van der Waals surface area (Å²) in [6.07, 6.45) is 9.15. The van der Waals surface area contributed by atoms with Gasteiger partial charge >= 0.3 is 0 Å². The van der Waals surface area contributed by atoms with Crippen molar-refractivity contribution in [3.8, 4) is 0 Å². The van der Waals surface area contributed by atoms with Crippen LogP contribution in [0.2, 0.25) is 0 Å². The summed E-state index contributed by atoms with van der Waals surface area (Å²) in [6.45, 7) is 3.58. The molecule has 1 aliphatic rings. The Morgan fingerprint density at radius 1 is 1.29 bits per heavy atom. The van der Waals surface area contributed by atoms with Crippen molar-refractivity contribution in [3.63, 3.8) is 0 Å². The van der Waals surface area contributed by atoms with Gasteiger partial charge in [0.2, 0.25) is 0 Å². The Kier molecular flexibility index (Phi) is 6.20. The van der Waals surface area contributed by atoms with Crippen LogP contribution in [-0.2, 0) is 0 Å². The minimum atomic E-state index is 0.319. The van der Waals surface area contributed by atoms with Crippen LogP contribution < -0.4 is 5.32 Å². The van der Waals surface area contributed by atoms with Gasteiger partial charge in [-0.2, -0.15) is 0 Å². The van der Waals surface area contributed by atoms with Crippen molar-refractivity contribution in [2.24, 2.45) is 5.92 Å². The third kappa shape index (κ3) is 3.97. The van der Waals surface area contributed by atoms with Crippen molar-refractivity contribution >= 4 is 0 Å². The fraction of sp³-hybridized carbons (Fsp3) is 1.00. The zero-order valence-corrected chi connectivity index (χ0v) is 9.47. The maximum Gasteiger partial charge on any atom is 0.0443 e. The van der Waals surface area contributed by atoms with Gasteiger partial charge in [0, 0.05) is 12.6 Å². The largest absolute Gasteiger partial charge is 0.396 e. The van der Waals surface area contributed by atoms with Gasteiger partial charge in [-0.25, -0.2) is 0 Å². The molecule has 1 saturated carbocycles. The molecule has 2 atom stereocenters. The number of hydrogen-bond donors (Lipinski definition) is 2. The minimum absolute atomic E-state index is 0.319. The van der Waals surface area contributed by atoms with Crippen LogP contribution in [0.4, 0.5) is 0 Å². The smallest absolute Gasteiger partial charge is 0.0443 e. The second kappa shape index (κ2) is 7.24. The van der Waals surface area contributed by atoms with Crippen LogP contribution in [0.1, 0.15) is 51.9 Å². The predicted molar refractivity (Wildman–Crippen MR) is 60.4 cm³/mol. The number of hydrogen-bond acceptors (Lipinski definition) is 2. The molecule has 0 aliphatic heterocycles. The Morgan fingerprint density at radius 3 is 2.86 bits per heavy atom. The van der Waals surface area contributed by atoms with E-state index in [4.69, 9.17) is 5.11 Å². The molecule has 0 radical (unpaired) electrons. The van der Waals surface area contributed by atoms with Gasteiger partial charge in [0.15, 0.2) is 0 Å². The average molecular weight is 199 g/mol. The number of aliphatic hydroxyl groups is 1. The summed E-state index contributed by atoms with van der Waals surface area (Å²) in [7, 11) is 0. The summed E-state index contributed by atoms with van der Waals surface area (Å²) in [5.41, 5.74) is 0. The molecular formula is C12H25NO. The highest BCUT2D eigenvalue weighted by molar-refractivity contribution is 4.82. The molecule has 0 saturated heterocycles. The molecule has 0 bridgehead atoms. The summed E-state index contributed by atoms with van der Waals surface area (Å²) >= 11 is 0. The van der Waals surface area contributed by atoms with E-state index in [9.17, 15) is 0 Å². The van der Waals surface area contributed by atoms with Crippen molar-refractivity contribution in [2.75, 3.05) is 13.2 Å². The fourth-order valence-corrected chi connectivity index (χ4v) is 2.48. The maximum absolute atomic E-state index is 8.71. The minimum Gasteiger partial charge on any atom is -0.396 e. The van der Waals surface area contributed by atoms with Gasteiger partial charge in [-0.15, -0.1) is 0 Å². The number of nitrogens with one attached hydrogen (secondary N) is 1. The molecule has 1 fully saturated rings. The molecule has 0 aromatic heterocycles. The average Bonchev–Trinajstić information content (AvgIpc) is 2.63. The number of aliphatic hydroxyl groups excluding tert-OH is 1. The number of rotatable bonds is 7. The topological polar surface area (TPSA) is 32.3 Å². The molecule has 2 heteroatoms. The Balaban J connectivity index is 2.14. The first kappa shape index (κ1) is 12.0. The standard InChI is InChI=1S/C12H25NO/c1-2-3-6-11-7-4-8-12(11)13-9-5-10-14/h11-14H,2-10H2,1H3. The molecule has 0 amide bonds. The van der Waals surface area contributed by atoms with E-state index in [2.05, 4.69) is 12.2 Å². The first-order valence-corrected chi connectivity index (χ1v) is 6.22. The first-order valence-electron chi connectivity index (χ1n) is 6.22. The summed E-state index contributed by atoms with van der Waals surface area (Å²) in [4.78, 5) is 0. The van der Waals surface area contributed by atoms with Crippen LogP contribution >= 0.6 is 0 Å². The molecule has 0 aromatic carbocycles. The third-order valence-electron chi connectivity index (χ3n) is 3.33. The van der Waals surface area contributed by atoms with Gasteiger partial charge in [-0.3, -0.25) is 0 Å². The SMILES string of the molecule is CCCCC1CCCC1NCCCO.